The Hall–Kier alpha value is -2.69. The average molecular weight is 341 g/mol. The number of fused-ring (bicyclic) bond motifs is 1. The minimum Gasteiger partial charge on any atom is -0.368 e. The molecule has 2 aromatic rings. The second-order valence-corrected chi connectivity index (χ2v) is 7.41. The first kappa shape index (κ1) is 16.2. The van der Waals surface area contributed by atoms with E-state index in [1.807, 2.05) is 30.3 Å². The topological polar surface area (TPSA) is 104 Å². The van der Waals surface area contributed by atoms with Crippen LogP contribution in [0.5, 0.6) is 0 Å². The molecular weight excluding hydrogens is 326 g/mol. The van der Waals surface area contributed by atoms with Crippen molar-refractivity contribution in [1.29, 1.82) is 5.26 Å². The molecule has 0 spiro atoms. The van der Waals surface area contributed by atoms with Gasteiger partial charge in [0.25, 0.3) is 0 Å². The third-order valence-corrected chi connectivity index (χ3v) is 6.04. The fourth-order valence-corrected chi connectivity index (χ4v) is 4.62. The van der Waals surface area contributed by atoms with Crippen molar-refractivity contribution in [3.63, 3.8) is 0 Å². The molecule has 0 saturated heterocycles. The van der Waals surface area contributed by atoms with Crippen molar-refractivity contribution >= 4 is 15.9 Å². The number of benzene rings is 2. The number of carbonyl (C=O) groups excluding carboxylic acids is 1. The Morgan fingerprint density at radius 1 is 1.12 bits per heavy atom. The summed E-state index contributed by atoms with van der Waals surface area (Å²) in [5.74, 6) is -0.706. The fourth-order valence-electron chi connectivity index (χ4n) is 2.90. The molecule has 0 fully saturated rings. The summed E-state index contributed by atoms with van der Waals surface area (Å²) in [5.41, 5.74) is 7.22. The number of primary amides is 1. The van der Waals surface area contributed by atoms with E-state index in [0.717, 1.165) is 15.4 Å². The molecule has 0 aliphatic carbocycles. The van der Waals surface area contributed by atoms with Crippen molar-refractivity contribution in [2.24, 2.45) is 5.73 Å². The molecule has 1 heterocycles. The predicted molar refractivity (Wildman–Crippen MR) is 87.0 cm³/mol. The van der Waals surface area contributed by atoms with Gasteiger partial charge in [-0.3, -0.25) is 4.79 Å². The largest absolute Gasteiger partial charge is 0.368 e. The number of hydrogen-bond acceptors (Lipinski definition) is 4. The molecule has 7 heteroatoms. The lowest BCUT2D eigenvalue weighted by Crippen LogP contribution is -2.51. The van der Waals surface area contributed by atoms with E-state index in [0.29, 0.717) is 0 Å². The lowest BCUT2D eigenvalue weighted by molar-refractivity contribution is -0.122. The standard InChI is InChI=1S/C17H15N3O3S/c18-10-13-6-3-4-8-16(13)24(22,23)20-11-14-7-2-1-5-12(14)9-15(20)17(19)21/h1-8,15H,9,11H2,(H2,19,21)/t15-/m0/s1. The molecule has 3 rings (SSSR count). The van der Waals surface area contributed by atoms with Crippen LogP contribution in [0.1, 0.15) is 16.7 Å². The van der Waals surface area contributed by atoms with Crippen LogP contribution in [0.2, 0.25) is 0 Å². The zero-order valence-electron chi connectivity index (χ0n) is 12.7. The lowest BCUT2D eigenvalue weighted by atomic mass is 9.96. The Labute approximate surface area is 140 Å². The number of nitrogens with zero attached hydrogens (tertiary/aromatic N) is 2. The monoisotopic (exact) mass is 341 g/mol. The normalized spacial score (nSPS) is 17.7. The van der Waals surface area contributed by atoms with Crippen LogP contribution >= 0.6 is 0 Å². The number of rotatable bonds is 3. The van der Waals surface area contributed by atoms with Gasteiger partial charge in [-0.15, -0.1) is 0 Å². The number of nitriles is 1. The number of nitrogens with two attached hydrogens (primary N) is 1. The van der Waals surface area contributed by atoms with E-state index < -0.39 is 22.0 Å². The average Bonchev–Trinajstić information content (AvgIpc) is 2.60. The zero-order chi connectivity index (χ0) is 17.3. The van der Waals surface area contributed by atoms with Crippen molar-refractivity contribution in [1.82, 2.24) is 4.31 Å². The van der Waals surface area contributed by atoms with Gasteiger partial charge in [-0.1, -0.05) is 36.4 Å². The van der Waals surface area contributed by atoms with Gasteiger partial charge in [-0.05, 0) is 29.7 Å². The molecule has 0 saturated carbocycles. The van der Waals surface area contributed by atoms with E-state index in [-0.39, 0.29) is 23.4 Å². The van der Waals surface area contributed by atoms with Crippen LogP contribution in [0, 0.1) is 11.3 Å². The first-order chi connectivity index (χ1) is 11.4. The molecule has 1 aliphatic heterocycles. The fraction of sp³-hybridized carbons (Fsp3) is 0.176. The van der Waals surface area contributed by atoms with Crippen molar-refractivity contribution in [2.75, 3.05) is 0 Å². The maximum Gasteiger partial charge on any atom is 0.245 e. The summed E-state index contributed by atoms with van der Waals surface area (Å²) in [6.07, 6.45) is 0.222. The summed E-state index contributed by atoms with van der Waals surface area (Å²) in [6.45, 7) is 0.0475. The summed E-state index contributed by atoms with van der Waals surface area (Å²) in [7, 11) is -4.03. The van der Waals surface area contributed by atoms with Crippen LogP contribution in [0.4, 0.5) is 0 Å². The third-order valence-electron chi connectivity index (χ3n) is 4.13. The van der Waals surface area contributed by atoms with Crippen LogP contribution in [0.15, 0.2) is 53.4 Å². The summed E-state index contributed by atoms with van der Waals surface area (Å²) >= 11 is 0. The number of amides is 1. The van der Waals surface area contributed by atoms with Crippen molar-refractivity contribution < 1.29 is 13.2 Å². The molecule has 1 aliphatic rings. The summed E-state index contributed by atoms with van der Waals surface area (Å²) in [6, 6.07) is 14.2. The highest BCUT2D eigenvalue weighted by Gasteiger charge is 2.39. The second kappa shape index (κ2) is 6.07. The first-order valence-electron chi connectivity index (χ1n) is 7.32. The highest BCUT2D eigenvalue weighted by Crippen LogP contribution is 2.30. The van der Waals surface area contributed by atoms with Gasteiger partial charge >= 0.3 is 0 Å². The highest BCUT2D eigenvalue weighted by atomic mass is 32.2. The van der Waals surface area contributed by atoms with Gasteiger partial charge in [0.15, 0.2) is 0 Å². The van der Waals surface area contributed by atoms with Gasteiger partial charge < -0.3 is 5.73 Å². The number of sulfonamides is 1. The molecule has 2 N–H and O–H groups in total. The van der Waals surface area contributed by atoms with Crippen molar-refractivity contribution in [3.05, 3.63) is 65.2 Å². The van der Waals surface area contributed by atoms with Crippen LogP contribution in [0.25, 0.3) is 0 Å². The molecule has 24 heavy (non-hydrogen) atoms. The van der Waals surface area contributed by atoms with E-state index in [1.165, 1.54) is 12.1 Å². The van der Waals surface area contributed by atoms with Crippen molar-refractivity contribution in [3.8, 4) is 6.07 Å². The van der Waals surface area contributed by atoms with E-state index in [9.17, 15) is 18.5 Å². The van der Waals surface area contributed by atoms with Gasteiger partial charge in [0.05, 0.1) is 10.5 Å². The Morgan fingerprint density at radius 2 is 1.75 bits per heavy atom. The van der Waals surface area contributed by atoms with Crippen LogP contribution in [0.3, 0.4) is 0 Å². The van der Waals surface area contributed by atoms with Gasteiger partial charge in [0.1, 0.15) is 12.1 Å². The SMILES string of the molecule is N#Cc1ccccc1S(=O)(=O)N1Cc2ccccc2C[C@H]1C(N)=O. The lowest BCUT2D eigenvalue weighted by Gasteiger charge is -2.34. The minimum absolute atomic E-state index is 0.0413. The minimum atomic E-state index is -4.03. The van der Waals surface area contributed by atoms with Gasteiger partial charge in [-0.2, -0.15) is 9.57 Å². The van der Waals surface area contributed by atoms with Crippen LogP contribution in [-0.4, -0.2) is 24.7 Å². The molecule has 0 aromatic heterocycles. The molecule has 0 radical (unpaired) electrons. The second-order valence-electron chi connectivity index (χ2n) is 5.55. The Balaban J connectivity index is 2.12. The third kappa shape index (κ3) is 2.66. The Morgan fingerprint density at radius 3 is 2.42 bits per heavy atom. The molecule has 2 aromatic carbocycles. The molecule has 0 unspecified atom stereocenters. The van der Waals surface area contributed by atoms with Crippen LogP contribution < -0.4 is 5.73 Å². The van der Waals surface area contributed by atoms with E-state index >= 15 is 0 Å². The Bertz CT molecular complexity index is 948. The van der Waals surface area contributed by atoms with E-state index in [1.54, 1.807) is 12.1 Å². The summed E-state index contributed by atoms with van der Waals surface area (Å²) in [4.78, 5) is 11.7. The molecule has 0 bridgehead atoms. The maximum absolute atomic E-state index is 13.1. The molecule has 6 nitrogen and oxygen atoms in total. The highest BCUT2D eigenvalue weighted by molar-refractivity contribution is 7.89. The quantitative estimate of drug-likeness (QED) is 0.904. The van der Waals surface area contributed by atoms with Gasteiger partial charge in [-0.25, -0.2) is 8.42 Å². The molecule has 1 amide bonds. The van der Waals surface area contributed by atoms with Gasteiger partial charge in [0.2, 0.25) is 15.9 Å². The molecule has 122 valence electrons. The summed E-state index contributed by atoms with van der Waals surface area (Å²) in [5, 5.41) is 9.19. The zero-order valence-corrected chi connectivity index (χ0v) is 13.5. The van der Waals surface area contributed by atoms with Crippen LogP contribution in [-0.2, 0) is 27.8 Å². The van der Waals surface area contributed by atoms with Gasteiger partial charge in [0, 0.05) is 6.54 Å². The summed E-state index contributed by atoms with van der Waals surface area (Å²) < 4.78 is 27.2. The first-order valence-corrected chi connectivity index (χ1v) is 8.76. The van der Waals surface area contributed by atoms with E-state index in [4.69, 9.17) is 5.73 Å². The number of hydrogen-bond donors (Lipinski definition) is 1. The smallest absolute Gasteiger partial charge is 0.245 e. The Kier molecular flexibility index (Phi) is 4.09. The molecule has 1 atom stereocenters. The predicted octanol–water partition coefficient (Wildman–Crippen LogP) is 1.16. The van der Waals surface area contributed by atoms with E-state index in [2.05, 4.69) is 0 Å². The maximum atomic E-state index is 13.1. The van der Waals surface area contributed by atoms with Crippen molar-refractivity contribution in [2.45, 2.75) is 23.9 Å². The number of carbonyl (C=O) groups is 1. The molecular formula is C17H15N3O3S.